The summed E-state index contributed by atoms with van der Waals surface area (Å²) >= 11 is 6.05. The Morgan fingerprint density at radius 1 is 1.09 bits per heavy atom. The van der Waals surface area contributed by atoms with Crippen molar-refractivity contribution in [2.24, 2.45) is 11.8 Å². The Hall–Kier alpha value is -0.980. The maximum Gasteiger partial charge on any atom is 0.246 e. The molecule has 0 spiro atoms. The number of nitrogens with zero attached hydrogens (tertiary/aromatic N) is 1. The number of ether oxygens (including phenoxy) is 2. The summed E-state index contributed by atoms with van der Waals surface area (Å²) in [5.74, 6) is 1.22. The third-order valence-corrected chi connectivity index (χ3v) is 6.04. The molecule has 2 rings (SSSR count). The highest BCUT2D eigenvalue weighted by Gasteiger charge is 2.34. The molecule has 1 heterocycles. The van der Waals surface area contributed by atoms with Crippen molar-refractivity contribution in [1.82, 2.24) is 4.31 Å². The Morgan fingerprint density at radius 2 is 1.64 bits per heavy atom. The van der Waals surface area contributed by atoms with Crippen LogP contribution in [0.5, 0.6) is 11.5 Å². The van der Waals surface area contributed by atoms with Crippen molar-refractivity contribution in [2.45, 2.75) is 25.2 Å². The summed E-state index contributed by atoms with van der Waals surface area (Å²) in [6, 6.07) is 2.91. The molecule has 124 valence electrons. The molecular weight excluding hydrogens is 326 g/mol. The number of sulfonamides is 1. The minimum Gasteiger partial charge on any atom is -0.495 e. The summed E-state index contributed by atoms with van der Waals surface area (Å²) in [6.07, 6.45) is 1.03. The third kappa shape index (κ3) is 3.34. The molecule has 22 heavy (non-hydrogen) atoms. The SMILES string of the molecule is COc1cc(S(=O)(=O)N2C[C@H](C)C[C@H](C)C2)c(OC)cc1Cl. The molecule has 0 unspecified atom stereocenters. The molecule has 1 aromatic rings. The second-order valence-electron chi connectivity index (χ2n) is 5.91. The molecule has 0 bridgehead atoms. The largest absolute Gasteiger partial charge is 0.495 e. The van der Waals surface area contributed by atoms with E-state index in [9.17, 15) is 8.42 Å². The van der Waals surface area contributed by atoms with Crippen LogP contribution in [0.4, 0.5) is 0 Å². The highest BCUT2D eigenvalue weighted by atomic mass is 35.5. The van der Waals surface area contributed by atoms with E-state index in [1.165, 1.54) is 30.7 Å². The van der Waals surface area contributed by atoms with Crippen molar-refractivity contribution in [2.75, 3.05) is 27.3 Å². The Kier molecular flexibility index (Phi) is 5.25. The van der Waals surface area contributed by atoms with E-state index in [0.29, 0.717) is 35.7 Å². The zero-order chi connectivity index (χ0) is 16.5. The van der Waals surface area contributed by atoms with Gasteiger partial charge < -0.3 is 9.47 Å². The fraction of sp³-hybridized carbons (Fsp3) is 0.600. The summed E-state index contributed by atoms with van der Waals surface area (Å²) in [7, 11) is -0.768. The minimum absolute atomic E-state index is 0.0950. The number of hydrogen-bond acceptors (Lipinski definition) is 4. The molecular formula is C15H22ClNO4S. The number of halogens is 1. The van der Waals surface area contributed by atoms with Crippen molar-refractivity contribution in [3.05, 3.63) is 17.2 Å². The average molecular weight is 348 g/mol. The van der Waals surface area contributed by atoms with Gasteiger partial charge in [-0.2, -0.15) is 4.31 Å². The van der Waals surface area contributed by atoms with E-state index >= 15 is 0 Å². The number of methoxy groups -OCH3 is 2. The van der Waals surface area contributed by atoms with Crippen LogP contribution in [0.2, 0.25) is 5.02 Å². The van der Waals surface area contributed by atoms with Crippen LogP contribution < -0.4 is 9.47 Å². The lowest BCUT2D eigenvalue weighted by atomic mass is 9.94. The molecule has 0 aromatic heterocycles. The fourth-order valence-corrected chi connectivity index (χ4v) is 5.04. The van der Waals surface area contributed by atoms with E-state index in [1.807, 2.05) is 0 Å². The maximum absolute atomic E-state index is 13.0. The molecule has 0 aliphatic carbocycles. The summed E-state index contributed by atoms with van der Waals surface area (Å²) in [5.41, 5.74) is 0. The van der Waals surface area contributed by atoms with Crippen LogP contribution in [-0.2, 0) is 10.0 Å². The molecule has 1 aromatic carbocycles. The van der Waals surface area contributed by atoms with E-state index in [-0.39, 0.29) is 10.6 Å². The first-order valence-electron chi connectivity index (χ1n) is 7.21. The second-order valence-corrected chi connectivity index (χ2v) is 8.22. The van der Waals surface area contributed by atoms with Gasteiger partial charge in [0.25, 0.3) is 0 Å². The summed E-state index contributed by atoms with van der Waals surface area (Å²) in [6.45, 7) is 5.16. The van der Waals surface area contributed by atoms with Crippen LogP contribution in [-0.4, -0.2) is 40.0 Å². The second kappa shape index (κ2) is 6.64. The fourth-order valence-electron chi connectivity index (χ4n) is 2.98. The third-order valence-electron chi connectivity index (χ3n) is 3.89. The average Bonchev–Trinajstić information content (AvgIpc) is 2.45. The summed E-state index contributed by atoms with van der Waals surface area (Å²) in [5, 5.41) is 0.318. The van der Waals surface area contributed by atoms with Crippen molar-refractivity contribution in [1.29, 1.82) is 0 Å². The van der Waals surface area contributed by atoms with Gasteiger partial charge in [0, 0.05) is 25.2 Å². The molecule has 1 aliphatic heterocycles. The molecule has 1 fully saturated rings. The quantitative estimate of drug-likeness (QED) is 0.840. The minimum atomic E-state index is -3.65. The highest BCUT2D eigenvalue weighted by molar-refractivity contribution is 7.89. The van der Waals surface area contributed by atoms with Crippen molar-refractivity contribution in [3.8, 4) is 11.5 Å². The number of hydrogen-bond donors (Lipinski definition) is 0. The van der Waals surface area contributed by atoms with Gasteiger partial charge in [0.05, 0.1) is 19.2 Å². The topological polar surface area (TPSA) is 55.8 Å². The van der Waals surface area contributed by atoms with E-state index < -0.39 is 10.0 Å². The van der Waals surface area contributed by atoms with Gasteiger partial charge in [-0.1, -0.05) is 25.4 Å². The van der Waals surface area contributed by atoms with Crippen LogP contribution in [0.3, 0.4) is 0 Å². The van der Waals surface area contributed by atoms with Crippen LogP contribution >= 0.6 is 11.6 Å². The summed E-state index contributed by atoms with van der Waals surface area (Å²) in [4.78, 5) is 0.0950. The normalized spacial score (nSPS) is 23.3. The first-order chi connectivity index (χ1) is 10.3. The van der Waals surface area contributed by atoms with Gasteiger partial charge in [-0.3, -0.25) is 0 Å². The van der Waals surface area contributed by atoms with Crippen LogP contribution in [0.15, 0.2) is 17.0 Å². The van der Waals surface area contributed by atoms with Crippen LogP contribution in [0, 0.1) is 11.8 Å². The van der Waals surface area contributed by atoms with Gasteiger partial charge in [-0.15, -0.1) is 0 Å². The van der Waals surface area contributed by atoms with Crippen LogP contribution in [0.1, 0.15) is 20.3 Å². The van der Waals surface area contributed by atoms with Gasteiger partial charge in [0.2, 0.25) is 10.0 Å². The Bertz CT molecular complexity index is 637. The van der Waals surface area contributed by atoms with E-state index in [2.05, 4.69) is 13.8 Å². The van der Waals surface area contributed by atoms with E-state index in [0.717, 1.165) is 6.42 Å². The van der Waals surface area contributed by atoms with Gasteiger partial charge in [-0.05, 0) is 18.3 Å². The predicted molar refractivity (Wildman–Crippen MR) is 86.3 cm³/mol. The molecule has 7 heteroatoms. The van der Waals surface area contributed by atoms with Crippen molar-refractivity contribution >= 4 is 21.6 Å². The Balaban J connectivity index is 2.48. The molecule has 1 aliphatic rings. The van der Waals surface area contributed by atoms with Gasteiger partial charge >= 0.3 is 0 Å². The van der Waals surface area contributed by atoms with Gasteiger partial charge in [-0.25, -0.2) is 8.42 Å². The van der Waals surface area contributed by atoms with E-state index in [1.54, 1.807) is 0 Å². The first-order valence-corrected chi connectivity index (χ1v) is 9.03. The standard InChI is InChI=1S/C15H22ClNO4S/c1-10-5-11(2)9-17(8-10)22(18,19)15-7-13(20-3)12(16)6-14(15)21-4/h6-7,10-11H,5,8-9H2,1-4H3/t10-,11+. The van der Waals surface area contributed by atoms with E-state index in [4.69, 9.17) is 21.1 Å². The number of piperidine rings is 1. The summed E-state index contributed by atoms with van der Waals surface area (Å²) < 4.78 is 37.8. The lowest BCUT2D eigenvalue weighted by Gasteiger charge is -2.34. The number of rotatable bonds is 4. The molecule has 0 radical (unpaired) electrons. The molecule has 2 atom stereocenters. The van der Waals surface area contributed by atoms with Crippen molar-refractivity contribution < 1.29 is 17.9 Å². The number of benzene rings is 1. The van der Waals surface area contributed by atoms with Crippen LogP contribution in [0.25, 0.3) is 0 Å². The monoisotopic (exact) mass is 347 g/mol. The van der Waals surface area contributed by atoms with Gasteiger partial charge in [0.15, 0.2) is 0 Å². The molecule has 0 N–H and O–H groups in total. The van der Waals surface area contributed by atoms with Gasteiger partial charge in [0.1, 0.15) is 16.4 Å². The first kappa shape index (κ1) is 17.4. The lowest BCUT2D eigenvalue weighted by Crippen LogP contribution is -2.42. The maximum atomic E-state index is 13.0. The zero-order valence-corrected chi connectivity index (χ0v) is 14.9. The Labute approximate surface area is 137 Å². The molecule has 5 nitrogen and oxygen atoms in total. The Morgan fingerprint density at radius 3 is 2.14 bits per heavy atom. The molecule has 0 saturated carbocycles. The highest BCUT2D eigenvalue weighted by Crippen LogP contribution is 2.37. The molecule has 0 amide bonds. The smallest absolute Gasteiger partial charge is 0.246 e. The zero-order valence-electron chi connectivity index (χ0n) is 13.3. The van der Waals surface area contributed by atoms with Crippen molar-refractivity contribution in [3.63, 3.8) is 0 Å². The molecule has 1 saturated heterocycles. The predicted octanol–water partition coefficient (Wildman–Crippen LogP) is 3.02. The lowest BCUT2D eigenvalue weighted by molar-refractivity contribution is 0.222.